The molecule has 2 heteroatoms. The summed E-state index contributed by atoms with van der Waals surface area (Å²) in [5.74, 6) is 0.751. The highest BCUT2D eigenvalue weighted by Crippen LogP contribution is 2.09. The van der Waals surface area contributed by atoms with E-state index in [1.54, 1.807) is 0 Å². The van der Waals surface area contributed by atoms with Gasteiger partial charge in [-0.1, -0.05) is 32.9 Å². The molecule has 0 aliphatic carbocycles. The predicted molar refractivity (Wildman–Crippen MR) is 66.9 cm³/mol. The molecule has 0 heterocycles. The molecule has 0 atom stereocenters. The second-order valence-electron chi connectivity index (χ2n) is 4.29. The summed E-state index contributed by atoms with van der Waals surface area (Å²) in [7, 11) is 0. The molecule has 2 N–H and O–H groups in total. The summed E-state index contributed by atoms with van der Waals surface area (Å²) in [6, 6.07) is 8.51. The number of rotatable bonds is 6. The van der Waals surface area contributed by atoms with Gasteiger partial charge in [0.05, 0.1) is 0 Å². The van der Waals surface area contributed by atoms with E-state index in [-0.39, 0.29) is 0 Å². The molecule has 0 fully saturated rings. The highest BCUT2D eigenvalue weighted by molar-refractivity contribution is 5.44. The number of hydrogen-bond donors (Lipinski definition) is 2. The normalized spacial score (nSPS) is 10.7. The van der Waals surface area contributed by atoms with E-state index in [9.17, 15) is 0 Å². The maximum Gasteiger partial charge on any atom is 0.0490 e. The minimum atomic E-state index is 0.751. The fourth-order valence-corrected chi connectivity index (χ4v) is 1.39. The monoisotopic (exact) mass is 206 g/mol. The van der Waals surface area contributed by atoms with Crippen molar-refractivity contribution in [2.75, 3.05) is 12.0 Å². The second kappa shape index (κ2) is 6.46. The van der Waals surface area contributed by atoms with Gasteiger partial charge in [-0.2, -0.15) is 0 Å². The molecule has 0 saturated heterocycles. The van der Waals surface area contributed by atoms with E-state index in [2.05, 4.69) is 55.9 Å². The van der Waals surface area contributed by atoms with Crippen molar-refractivity contribution < 1.29 is 0 Å². The number of benzene rings is 1. The lowest BCUT2D eigenvalue weighted by molar-refractivity contribution is 0.560. The first-order valence-corrected chi connectivity index (χ1v) is 5.80. The highest BCUT2D eigenvalue weighted by Gasteiger charge is 1.94. The van der Waals surface area contributed by atoms with E-state index in [0.717, 1.165) is 24.6 Å². The van der Waals surface area contributed by atoms with Crippen molar-refractivity contribution in [3.63, 3.8) is 0 Å². The average molecular weight is 206 g/mol. The van der Waals surface area contributed by atoms with Gasteiger partial charge in [-0.05, 0) is 36.5 Å². The summed E-state index contributed by atoms with van der Waals surface area (Å²) in [5, 5.41) is 0. The van der Waals surface area contributed by atoms with E-state index >= 15 is 0 Å². The van der Waals surface area contributed by atoms with E-state index in [0.29, 0.717) is 0 Å². The first-order chi connectivity index (χ1) is 7.22. The fourth-order valence-electron chi connectivity index (χ4n) is 1.39. The topological polar surface area (TPSA) is 24.1 Å². The minimum absolute atomic E-state index is 0.751. The zero-order valence-corrected chi connectivity index (χ0v) is 10.0. The molecule has 15 heavy (non-hydrogen) atoms. The third kappa shape index (κ3) is 4.84. The van der Waals surface area contributed by atoms with Gasteiger partial charge in [-0.15, -0.1) is 0 Å². The van der Waals surface area contributed by atoms with Crippen LogP contribution >= 0.6 is 0 Å². The van der Waals surface area contributed by atoms with E-state index in [1.165, 1.54) is 12.0 Å². The molecule has 0 bridgehead atoms. The quantitative estimate of drug-likeness (QED) is 0.551. The summed E-state index contributed by atoms with van der Waals surface area (Å²) in [5.41, 5.74) is 8.98. The number of aryl methyl sites for hydroxylation is 1. The van der Waals surface area contributed by atoms with Crippen LogP contribution in [-0.4, -0.2) is 6.54 Å². The van der Waals surface area contributed by atoms with Crippen LogP contribution in [0, 0.1) is 5.92 Å². The molecule has 2 nitrogen and oxygen atoms in total. The van der Waals surface area contributed by atoms with Crippen molar-refractivity contribution in [3.05, 3.63) is 29.8 Å². The second-order valence-corrected chi connectivity index (χ2v) is 4.29. The molecular weight excluding hydrogens is 184 g/mol. The number of hydrogen-bond acceptors (Lipinski definition) is 2. The van der Waals surface area contributed by atoms with Crippen molar-refractivity contribution in [1.82, 2.24) is 5.43 Å². The third-order valence-corrected chi connectivity index (χ3v) is 2.41. The molecule has 1 aromatic rings. The van der Waals surface area contributed by atoms with Crippen LogP contribution in [0.1, 0.15) is 32.8 Å². The van der Waals surface area contributed by atoms with Gasteiger partial charge < -0.3 is 5.43 Å². The lowest BCUT2D eigenvalue weighted by Gasteiger charge is -2.10. The Labute approximate surface area is 93.1 Å². The largest absolute Gasteiger partial charge is 0.322 e. The van der Waals surface area contributed by atoms with E-state index in [1.807, 2.05) is 0 Å². The van der Waals surface area contributed by atoms with Crippen LogP contribution in [-0.2, 0) is 6.42 Å². The molecule has 84 valence electrons. The summed E-state index contributed by atoms with van der Waals surface area (Å²) in [6.45, 7) is 7.65. The van der Waals surface area contributed by atoms with Gasteiger partial charge in [0.1, 0.15) is 0 Å². The molecular formula is C13H22N2. The molecule has 0 aliphatic rings. The third-order valence-electron chi connectivity index (χ3n) is 2.41. The molecule has 1 rings (SSSR count). The summed E-state index contributed by atoms with van der Waals surface area (Å²) >= 11 is 0. The zero-order valence-electron chi connectivity index (χ0n) is 10.0. The van der Waals surface area contributed by atoms with Gasteiger partial charge in [0.2, 0.25) is 0 Å². The fraction of sp³-hybridized carbons (Fsp3) is 0.538. The molecule has 1 aromatic carbocycles. The maximum atomic E-state index is 3.23. The molecule has 0 aliphatic heterocycles. The van der Waals surface area contributed by atoms with E-state index < -0.39 is 0 Å². The Morgan fingerprint density at radius 3 is 2.73 bits per heavy atom. The smallest absolute Gasteiger partial charge is 0.0490 e. The minimum Gasteiger partial charge on any atom is -0.322 e. The molecule has 0 unspecified atom stereocenters. The van der Waals surface area contributed by atoms with Crippen LogP contribution in [0.3, 0.4) is 0 Å². The van der Waals surface area contributed by atoms with Crippen molar-refractivity contribution >= 4 is 5.69 Å². The van der Waals surface area contributed by atoms with Crippen LogP contribution in [0.25, 0.3) is 0 Å². The SMILES string of the molecule is CCc1cccc(NNCCC(C)C)c1. The number of nitrogens with one attached hydrogen (secondary N) is 2. The highest BCUT2D eigenvalue weighted by atomic mass is 15.3. The first kappa shape index (κ1) is 12.1. The Morgan fingerprint density at radius 1 is 1.27 bits per heavy atom. The van der Waals surface area contributed by atoms with Gasteiger partial charge in [0.15, 0.2) is 0 Å². The van der Waals surface area contributed by atoms with Crippen LogP contribution in [0.2, 0.25) is 0 Å². The molecule has 0 saturated carbocycles. The van der Waals surface area contributed by atoms with Crippen LogP contribution in [0.5, 0.6) is 0 Å². The van der Waals surface area contributed by atoms with E-state index in [4.69, 9.17) is 0 Å². The van der Waals surface area contributed by atoms with Gasteiger partial charge in [0.25, 0.3) is 0 Å². The first-order valence-electron chi connectivity index (χ1n) is 5.80. The maximum absolute atomic E-state index is 3.23. The number of anilines is 1. The summed E-state index contributed by atoms with van der Waals surface area (Å²) in [4.78, 5) is 0. The van der Waals surface area contributed by atoms with Crippen LogP contribution in [0.4, 0.5) is 5.69 Å². The van der Waals surface area contributed by atoms with Crippen molar-refractivity contribution in [3.8, 4) is 0 Å². The Kier molecular flexibility index (Phi) is 5.19. The summed E-state index contributed by atoms with van der Waals surface area (Å²) in [6.07, 6.45) is 2.28. The Bertz CT molecular complexity index is 282. The van der Waals surface area contributed by atoms with Crippen molar-refractivity contribution in [2.24, 2.45) is 5.92 Å². The summed E-state index contributed by atoms with van der Waals surface area (Å²) < 4.78 is 0. The Balaban J connectivity index is 2.30. The number of hydrazine groups is 1. The standard InChI is InChI=1S/C13H22N2/c1-4-12-6-5-7-13(10-12)15-14-9-8-11(2)3/h5-7,10-11,14-15H,4,8-9H2,1-3H3. The molecule has 0 spiro atoms. The lowest BCUT2D eigenvalue weighted by atomic mass is 10.1. The molecule has 0 radical (unpaired) electrons. The Hall–Kier alpha value is -1.02. The predicted octanol–water partition coefficient (Wildman–Crippen LogP) is 3.21. The molecule has 0 aromatic heterocycles. The van der Waals surface area contributed by atoms with Gasteiger partial charge >= 0.3 is 0 Å². The van der Waals surface area contributed by atoms with Crippen molar-refractivity contribution in [2.45, 2.75) is 33.6 Å². The molecule has 0 amide bonds. The van der Waals surface area contributed by atoms with Gasteiger partial charge in [0, 0.05) is 12.2 Å². The van der Waals surface area contributed by atoms with Crippen molar-refractivity contribution in [1.29, 1.82) is 0 Å². The average Bonchev–Trinajstić information content (AvgIpc) is 2.24. The van der Waals surface area contributed by atoms with Crippen LogP contribution in [0.15, 0.2) is 24.3 Å². The van der Waals surface area contributed by atoms with Crippen LogP contribution < -0.4 is 10.9 Å². The lowest BCUT2D eigenvalue weighted by Crippen LogP contribution is -2.23. The zero-order chi connectivity index (χ0) is 11.1. The van der Waals surface area contributed by atoms with Gasteiger partial charge in [-0.3, -0.25) is 0 Å². The Morgan fingerprint density at radius 2 is 2.07 bits per heavy atom. The van der Waals surface area contributed by atoms with Gasteiger partial charge in [-0.25, -0.2) is 5.43 Å².